The summed E-state index contributed by atoms with van der Waals surface area (Å²) in [5.74, 6) is 0.885. The van der Waals surface area contributed by atoms with Gasteiger partial charge in [-0.25, -0.2) is 0 Å². The predicted octanol–water partition coefficient (Wildman–Crippen LogP) is 2.65. The maximum absolute atomic E-state index is 11.7. The van der Waals surface area contributed by atoms with Gasteiger partial charge in [0.1, 0.15) is 5.78 Å². The zero-order chi connectivity index (χ0) is 10.6. The molecular weight excluding hydrogens is 174 g/mol. The molecule has 1 fully saturated rings. The number of hydrogen-bond acceptors (Lipinski definition) is 2. The van der Waals surface area contributed by atoms with E-state index in [1.54, 1.807) is 0 Å². The van der Waals surface area contributed by atoms with E-state index in [2.05, 4.69) is 13.8 Å². The molecule has 2 nitrogen and oxygen atoms in total. The van der Waals surface area contributed by atoms with E-state index in [1.807, 2.05) is 0 Å². The molecule has 0 aromatic carbocycles. The summed E-state index contributed by atoms with van der Waals surface area (Å²) in [6.07, 6.45) is 6.90. The van der Waals surface area contributed by atoms with Gasteiger partial charge in [-0.05, 0) is 18.8 Å². The van der Waals surface area contributed by atoms with Crippen LogP contribution in [0, 0.1) is 5.92 Å². The van der Waals surface area contributed by atoms with Crippen molar-refractivity contribution in [3.63, 3.8) is 0 Å². The maximum Gasteiger partial charge on any atom is 0.135 e. The first kappa shape index (κ1) is 11.7. The van der Waals surface area contributed by atoms with Crippen LogP contribution in [0.2, 0.25) is 0 Å². The van der Waals surface area contributed by atoms with Crippen LogP contribution in [-0.4, -0.2) is 11.3 Å². The van der Waals surface area contributed by atoms with E-state index in [0.717, 1.165) is 25.7 Å². The Morgan fingerprint density at radius 1 is 1.43 bits per heavy atom. The molecule has 2 N–H and O–H groups in total. The van der Waals surface area contributed by atoms with Gasteiger partial charge in [-0.1, -0.05) is 33.1 Å². The van der Waals surface area contributed by atoms with Crippen molar-refractivity contribution in [2.24, 2.45) is 11.7 Å². The van der Waals surface area contributed by atoms with Crippen LogP contribution in [-0.2, 0) is 4.79 Å². The van der Waals surface area contributed by atoms with Gasteiger partial charge in [-0.15, -0.1) is 0 Å². The van der Waals surface area contributed by atoms with E-state index in [1.165, 1.54) is 12.8 Å². The van der Waals surface area contributed by atoms with Crippen molar-refractivity contribution in [2.45, 2.75) is 64.3 Å². The molecule has 1 aliphatic carbocycles. The maximum atomic E-state index is 11.7. The molecule has 1 unspecified atom stereocenters. The highest BCUT2D eigenvalue weighted by Crippen LogP contribution is 2.30. The third-order valence-corrected chi connectivity index (χ3v) is 3.42. The number of nitrogens with two attached hydrogens (primary N) is 1. The largest absolute Gasteiger partial charge is 0.325 e. The molecule has 1 rings (SSSR count). The quantitative estimate of drug-likeness (QED) is 0.736. The molecule has 0 amide bonds. The molecule has 0 heterocycles. The van der Waals surface area contributed by atoms with E-state index >= 15 is 0 Å². The zero-order valence-electron chi connectivity index (χ0n) is 9.51. The Morgan fingerprint density at radius 2 is 2.00 bits per heavy atom. The Balaban J connectivity index is 2.32. The van der Waals surface area contributed by atoms with Crippen molar-refractivity contribution in [1.29, 1.82) is 0 Å². The first-order valence-electron chi connectivity index (χ1n) is 5.86. The van der Waals surface area contributed by atoms with Crippen molar-refractivity contribution in [2.75, 3.05) is 0 Å². The van der Waals surface area contributed by atoms with Gasteiger partial charge in [0, 0.05) is 18.4 Å². The van der Waals surface area contributed by atoms with E-state index in [0.29, 0.717) is 18.1 Å². The first-order chi connectivity index (χ1) is 6.56. The van der Waals surface area contributed by atoms with Crippen molar-refractivity contribution < 1.29 is 4.79 Å². The molecule has 2 heteroatoms. The Morgan fingerprint density at radius 3 is 2.50 bits per heavy atom. The van der Waals surface area contributed by atoms with Crippen LogP contribution in [0.1, 0.15) is 58.8 Å². The lowest BCUT2D eigenvalue weighted by atomic mass is 9.89. The number of ketones is 1. The molecule has 0 bridgehead atoms. The fourth-order valence-corrected chi connectivity index (χ4v) is 2.25. The summed E-state index contributed by atoms with van der Waals surface area (Å²) in [6.45, 7) is 4.27. The molecule has 0 saturated heterocycles. The molecule has 0 spiro atoms. The van der Waals surface area contributed by atoms with Crippen molar-refractivity contribution in [3.8, 4) is 0 Å². The van der Waals surface area contributed by atoms with Crippen LogP contribution in [0.25, 0.3) is 0 Å². The summed E-state index contributed by atoms with van der Waals surface area (Å²) in [7, 11) is 0. The minimum Gasteiger partial charge on any atom is -0.325 e. The number of carbonyl (C=O) groups is 1. The predicted molar refractivity (Wildman–Crippen MR) is 59.1 cm³/mol. The summed E-state index contributed by atoms with van der Waals surface area (Å²) in [6, 6.07) is 0. The molecule has 1 aliphatic rings. The van der Waals surface area contributed by atoms with Crippen LogP contribution in [0.3, 0.4) is 0 Å². The van der Waals surface area contributed by atoms with E-state index in [-0.39, 0.29) is 5.54 Å². The summed E-state index contributed by atoms with van der Waals surface area (Å²) >= 11 is 0. The fourth-order valence-electron chi connectivity index (χ4n) is 2.25. The summed E-state index contributed by atoms with van der Waals surface area (Å²) in [5.41, 5.74) is 6.01. The normalized spacial score (nSPS) is 22.2. The minimum absolute atomic E-state index is 0.148. The lowest BCUT2D eigenvalue weighted by molar-refractivity contribution is -0.121. The number of Topliss-reactive ketones (excluding diaryl/α,β-unsaturated/α-hetero) is 1. The lowest BCUT2D eigenvalue weighted by Gasteiger charge is -2.23. The average molecular weight is 197 g/mol. The molecular formula is C12H23NO. The summed E-state index contributed by atoms with van der Waals surface area (Å²) in [5, 5.41) is 0. The van der Waals surface area contributed by atoms with Crippen molar-refractivity contribution >= 4 is 5.78 Å². The summed E-state index contributed by atoms with van der Waals surface area (Å²) in [4.78, 5) is 11.7. The molecule has 14 heavy (non-hydrogen) atoms. The molecule has 0 radical (unpaired) electrons. The van der Waals surface area contributed by atoms with Gasteiger partial charge in [-0.3, -0.25) is 4.79 Å². The minimum atomic E-state index is -0.148. The lowest BCUT2D eigenvalue weighted by Crippen LogP contribution is -2.38. The molecule has 0 aromatic rings. The van der Waals surface area contributed by atoms with E-state index in [9.17, 15) is 4.79 Å². The SMILES string of the molecule is CCC(C)CC(=O)CC1(N)CCCC1. The second-order valence-electron chi connectivity index (χ2n) is 5.00. The van der Waals surface area contributed by atoms with Crippen molar-refractivity contribution in [3.05, 3.63) is 0 Å². The molecule has 0 aliphatic heterocycles. The molecule has 0 aromatic heterocycles. The molecule has 82 valence electrons. The van der Waals surface area contributed by atoms with Crippen molar-refractivity contribution in [1.82, 2.24) is 0 Å². The third-order valence-electron chi connectivity index (χ3n) is 3.42. The van der Waals surface area contributed by atoms with Gasteiger partial charge in [0.15, 0.2) is 0 Å². The Hall–Kier alpha value is -0.370. The smallest absolute Gasteiger partial charge is 0.135 e. The first-order valence-corrected chi connectivity index (χ1v) is 5.86. The Kier molecular flexibility index (Phi) is 4.11. The van der Waals surface area contributed by atoms with Gasteiger partial charge in [0.05, 0.1) is 0 Å². The second-order valence-corrected chi connectivity index (χ2v) is 5.00. The van der Waals surface area contributed by atoms with Gasteiger partial charge in [-0.2, -0.15) is 0 Å². The van der Waals surface area contributed by atoms with Crippen LogP contribution in [0.5, 0.6) is 0 Å². The van der Waals surface area contributed by atoms with Gasteiger partial charge in [0.2, 0.25) is 0 Å². The van der Waals surface area contributed by atoms with Crippen LogP contribution in [0.4, 0.5) is 0 Å². The second kappa shape index (κ2) is 4.92. The Labute approximate surface area is 87.2 Å². The zero-order valence-corrected chi connectivity index (χ0v) is 9.51. The van der Waals surface area contributed by atoms with Crippen LogP contribution in [0.15, 0.2) is 0 Å². The standard InChI is InChI=1S/C12H23NO/c1-3-10(2)8-11(14)9-12(13)6-4-5-7-12/h10H,3-9,13H2,1-2H3. The number of rotatable bonds is 5. The van der Waals surface area contributed by atoms with E-state index < -0.39 is 0 Å². The number of hydrogen-bond donors (Lipinski definition) is 1. The topological polar surface area (TPSA) is 43.1 Å². The number of carbonyl (C=O) groups excluding carboxylic acids is 1. The van der Waals surface area contributed by atoms with Gasteiger partial charge < -0.3 is 5.73 Å². The molecule has 1 saturated carbocycles. The van der Waals surface area contributed by atoms with Crippen LogP contribution < -0.4 is 5.73 Å². The third kappa shape index (κ3) is 3.41. The summed E-state index contributed by atoms with van der Waals surface area (Å²) < 4.78 is 0. The molecule has 1 atom stereocenters. The monoisotopic (exact) mass is 197 g/mol. The van der Waals surface area contributed by atoms with Gasteiger partial charge in [0.25, 0.3) is 0 Å². The highest BCUT2D eigenvalue weighted by Gasteiger charge is 2.31. The Bertz CT molecular complexity index is 194. The van der Waals surface area contributed by atoms with Crippen LogP contribution >= 0.6 is 0 Å². The highest BCUT2D eigenvalue weighted by atomic mass is 16.1. The highest BCUT2D eigenvalue weighted by molar-refractivity contribution is 5.79. The fraction of sp³-hybridized carbons (Fsp3) is 0.917. The van der Waals surface area contributed by atoms with E-state index in [4.69, 9.17) is 5.73 Å². The average Bonchev–Trinajstić information content (AvgIpc) is 2.51. The van der Waals surface area contributed by atoms with Gasteiger partial charge >= 0.3 is 0 Å².